The molecule has 2 saturated heterocycles. The number of fused-ring (bicyclic) bond motifs is 3. The molecule has 0 radical (unpaired) electrons. The normalized spacial score (nSPS) is 28.1. The molecule has 0 amide bonds. The summed E-state index contributed by atoms with van der Waals surface area (Å²) < 4.78 is 11.1. The number of ether oxygens (including phenoxy) is 2. The van der Waals surface area contributed by atoms with Crippen molar-refractivity contribution in [1.82, 2.24) is 14.8 Å². The van der Waals surface area contributed by atoms with Gasteiger partial charge >= 0.3 is 0 Å². The molecule has 1 aromatic heterocycles. The molecule has 0 N–H and O–H groups in total. The van der Waals surface area contributed by atoms with Crippen LogP contribution in [-0.4, -0.2) is 67.8 Å². The summed E-state index contributed by atoms with van der Waals surface area (Å²) in [4.78, 5) is 9.25. The number of hydrogen-bond donors (Lipinski definition) is 0. The van der Waals surface area contributed by atoms with E-state index in [0.29, 0.717) is 12.0 Å². The third kappa shape index (κ3) is 2.95. The molecule has 5 nitrogen and oxygen atoms in total. The van der Waals surface area contributed by atoms with Crippen LogP contribution in [0.25, 0.3) is 0 Å². The predicted octanol–water partition coefficient (Wildman–Crippen LogP) is 0.853. The van der Waals surface area contributed by atoms with Crippen LogP contribution in [0, 0.1) is 5.92 Å². The number of likely N-dealkylation sites (N-methyl/N-ethyl adjacent to an activating group) is 1. The van der Waals surface area contributed by atoms with Crippen LogP contribution in [0.1, 0.15) is 5.56 Å². The highest BCUT2D eigenvalue weighted by Gasteiger charge is 2.31. The second kappa shape index (κ2) is 6.08. The molecule has 5 heteroatoms. The van der Waals surface area contributed by atoms with Gasteiger partial charge in [0.25, 0.3) is 0 Å². The van der Waals surface area contributed by atoms with Crippen LogP contribution in [0.5, 0.6) is 5.88 Å². The SMILES string of the molecule is COc1ncccc1CN1C[C@@H]2COC[C@H](C1)N(C)C2. The zero-order valence-electron chi connectivity index (χ0n) is 12.3. The van der Waals surface area contributed by atoms with Crippen LogP contribution < -0.4 is 4.74 Å². The fourth-order valence-electron chi connectivity index (χ4n) is 3.25. The van der Waals surface area contributed by atoms with E-state index in [4.69, 9.17) is 9.47 Å². The van der Waals surface area contributed by atoms with E-state index in [0.717, 1.165) is 45.3 Å². The largest absolute Gasteiger partial charge is 0.481 e. The van der Waals surface area contributed by atoms with E-state index in [1.165, 1.54) is 5.56 Å². The monoisotopic (exact) mass is 277 g/mol. The predicted molar refractivity (Wildman–Crippen MR) is 76.8 cm³/mol. The van der Waals surface area contributed by atoms with Gasteiger partial charge < -0.3 is 9.47 Å². The fraction of sp³-hybridized carbons (Fsp3) is 0.667. The molecule has 0 aliphatic carbocycles. The molecule has 3 rings (SSSR count). The van der Waals surface area contributed by atoms with Crippen LogP contribution in [-0.2, 0) is 11.3 Å². The molecular formula is C15H23N3O2. The highest BCUT2D eigenvalue weighted by molar-refractivity contribution is 5.25. The van der Waals surface area contributed by atoms with Gasteiger partial charge in [-0.1, -0.05) is 6.07 Å². The summed E-state index contributed by atoms with van der Waals surface area (Å²) in [5, 5.41) is 0. The number of pyridine rings is 1. The maximum absolute atomic E-state index is 5.77. The van der Waals surface area contributed by atoms with Gasteiger partial charge in [-0.05, 0) is 13.1 Å². The van der Waals surface area contributed by atoms with Gasteiger partial charge in [0.05, 0.1) is 20.3 Å². The van der Waals surface area contributed by atoms with Crippen LogP contribution in [0.3, 0.4) is 0 Å². The number of methoxy groups -OCH3 is 1. The van der Waals surface area contributed by atoms with Crippen molar-refractivity contribution in [2.45, 2.75) is 12.6 Å². The molecule has 2 bridgehead atoms. The van der Waals surface area contributed by atoms with E-state index in [2.05, 4.69) is 27.9 Å². The Balaban J connectivity index is 1.74. The Morgan fingerprint density at radius 1 is 1.35 bits per heavy atom. The Kier molecular flexibility index (Phi) is 4.19. The molecule has 2 aliphatic rings. The van der Waals surface area contributed by atoms with Crippen LogP contribution in [0.2, 0.25) is 0 Å². The first kappa shape index (κ1) is 13.8. The summed E-state index contributed by atoms with van der Waals surface area (Å²) in [6.07, 6.45) is 1.78. The minimum atomic E-state index is 0.491. The molecule has 2 fully saturated rings. The molecular weight excluding hydrogens is 254 g/mol. The highest BCUT2D eigenvalue weighted by Crippen LogP contribution is 2.22. The third-order valence-electron chi connectivity index (χ3n) is 4.26. The molecule has 2 aliphatic heterocycles. The van der Waals surface area contributed by atoms with Gasteiger partial charge in [-0.3, -0.25) is 9.80 Å². The fourth-order valence-corrected chi connectivity index (χ4v) is 3.25. The zero-order valence-corrected chi connectivity index (χ0v) is 12.3. The zero-order chi connectivity index (χ0) is 13.9. The minimum Gasteiger partial charge on any atom is -0.481 e. The van der Waals surface area contributed by atoms with Crippen molar-refractivity contribution < 1.29 is 9.47 Å². The Morgan fingerprint density at radius 3 is 3.10 bits per heavy atom. The second-order valence-corrected chi connectivity index (χ2v) is 5.86. The van der Waals surface area contributed by atoms with Crippen molar-refractivity contribution >= 4 is 0 Å². The highest BCUT2D eigenvalue weighted by atomic mass is 16.5. The first-order chi connectivity index (χ1) is 9.76. The van der Waals surface area contributed by atoms with Gasteiger partial charge in [0.15, 0.2) is 0 Å². The first-order valence-corrected chi connectivity index (χ1v) is 7.24. The molecule has 0 saturated carbocycles. The summed E-state index contributed by atoms with van der Waals surface area (Å²) in [6.45, 7) is 5.88. The van der Waals surface area contributed by atoms with Crippen molar-refractivity contribution in [3.63, 3.8) is 0 Å². The average molecular weight is 277 g/mol. The van der Waals surface area contributed by atoms with Crippen molar-refractivity contribution in [3.05, 3.63) is 23.9 Å². The topological polar surface area (TPSA) is 37.8 Å². The van der Waals surface area contributed by atoms with Crippen molar-refractivity contribution in [2.24, 2.45) is 5.92 Å². The van der Waals surface area contributed by atoms with Gasteiger partial charge in [0.1, 0.15) is 0 Å². The molecule has 0 unspecified atom stereocenters. The number of hydrogen-bond acceptors (Lipinski definition) is 5. The molecule has 3 heterocycles. The molecule has 2 atom stereocenters. The van der Waals surface area contributed by atoms with Gasteiger partial charge in [-0.2, -0.15) is 0 Å². The van der Waals surface area contributed by atoms with Crippen LogP contribution in [0.15, 0.2) is 18.3 Å². The Hall–Kier alpha value is -1.17. The Bertz CT molecular complexity index is 454. The van der Waals surface area contributed by atoms with Crippen LogP contribution in [0.4, 0.5) is 0 Å². The molecule has 0 spiro atoms. The molecule has 1 aromatic rings. The lowest BCUT2D eigenvalue weighted by Crippen LogP contribution is -2.41. The smallest absolute Gasteiger partial charge is 0.217 e. The van der Waals surface area contributed by atoms with Crippen molar-refractivity contribution in [1.29, 1.82) is 0 Å². The van der Waals surface area contributed by atoms with Crippen molar-refractivity contribution in [3.8, 4) is 5.88 Å². The minimum absolute atomic E-state index is 0.491. The summed E-state index contributed by atoms with van der Waals surface area (Å²) in [5.41, 5.74) is 1.17. The number of rotatable bonds is 3. The van der Waals surface area contributed by atoms with E-state index < -0.39 is 0 Å². The van der Waals surface area contributed by atoms with Gasteiger partial charge in [0.2, 0.25) is 5.88 Å². The molecule has 0 aromatic carbocycles. The molecule has 110 valence electrons. The third-order valence-corrected chi connectivity index (χ3v) is 4.26. The van der Waals surface area contributed by atoms with Gasteiger partial charge in [-0.25, -0.2) is 4.98 Å². The summed E-state index contributed by atoms with van der Waals surface area (Å²) in [6, 6.07) is 4.57. The quantitative estimate of drug-likeness (QED) is 0.819. The van der Waals surface area contributed by atoms with E-state index >= 15 is 0 Å². The Labute approximate surface area is 120 Å². The van der Waals surface area contributed by atoms with E-state index in [1.807, 2.05) is 6.07 Å². The van der Waals surface area contributed by atoms with E-state index in [1.54, 1.807) is 13.3 Å². The summed E-state index contributed by atoms with van der Waals surface area (Å²) >= 11 is 0. The lowest BCUT2D eigenvalue weighted by Gasteiger charge is -2.29. The lowest BCUT2D eigenvalue weighted by atomic mass is 10.1. The standard InChI is InChI=1S/C15H23N3O2/c1-17-6-12-7-18(9-14(17)11-20-10-12)8-13-4-3-5-16-15(13)19-2/h3-5,12,14H,6-11H2,1-2H3/t12-,14+/m1/s1. The van der Waals surface area contributed by atoms with E-state index in [9.17, 15) is 0 Å². The number of aromatic nitrogens is 1. The van der Waals surface area contributed by atoms with E-state index in [-0.39, 0.29) is 0 Å². The lowest BCUT2D eigenvalue weighted by molar-refractivity contribution is 0.0513. The number of nitrogens with zero attached hydrogens (tertiary/aromatic N) is 3. The first-order valence-electron chi connectivity index (χ1n) is 7.24. The summed E-state index contributed by atoms with van der Waals surface area (Å²) in [5.74, 6) is 1.33. The second-order valence-electron chi connectivity index (χ2n) is 5.86. The summed E-state index contributed by atoms with van der Waals surface area (Å²) in [7, 11) is 3.89. The Morgan fingerprint density at radius 2 is 2.25 bits per heavy atom. The maximum atomic E-state index is 5.77. The van der Waals surface area contributed by atoms with Crippen LogP contribution >= 0.6 is 0 Å². The van der Waals surface area contributed by atoms with Gasteiger partial charge in [-0.15, -0.1) is 0 Å². The van der Waals surface area contributed by atoms with Crippen molar-refractivity contribution in [2.75, 3.05) is 47.0 Å². The molecule has 20 heavy (non-hydrogen) atoms. The average Bonchev–Trinajstić information content (AvgIpc) is 2.68. The maximum Gasteiger partial charge on any atom is 0.217 e. The van der Waals surface area contributed by atoms with Gasteiger partial charge in [0, 0.05) is 49.9 Å².